The molecule has 1 rings (SSSR count). The van der Waals surface area contributed by atoms with Gasteiger partial charge >= 0.3 is 0 Å². The molecule has 0 spiro atoms. The van der Waals surface area contributed by atoms with E-state index >= 15 is 0 Å². The molecule has 0 heterocycles. The number of ether oxygens (including phenoxy) is 1. The zero-order valence-corrected chi connectivity index (χ0v) is 13.6. The van der Waals surface area contributed by atoms with E-state index in [1.165, 1.54) is 19.2 Å². The summed E-state index contributed by atoms with van der Waals surface area (Å²) in [5, 5.41) is 3.15. The van der Waals surface area contributed by atoms with Crippen molar-refractivity contribution in [2.24, 2.45) is 0 Å². The second-order valence-electron chi connectivity index (χ2n) is 5.28. The molecule has 7 heteroatoms. The second-order valence-corrected chi connectivity index (χ2v) is 6.96. The average molecular weight is 318 g/mol. The summed E-state index contributed by atoms with van der Waals surface area (Å²) >= 11 is 0. The van der Waals surface area contributed by atoms with Crippen LogP contribution in [0.15, 0.2) is 23.1 Å². The summed E-state index contributed by atoms with van der Waals surface area (Å²) in [6.45, 7) is 6.33. The molecular formula is C14H23FN2O3S. The molecule has 1 atom stereocenters. The van der Waals surface area contributed by atoms with Crippen molar-refractivity contribution in [2.75, 3.05) is 13.7 Å². The van der Waals surface area contributed by atoms with Gasteiger partial charge in [0.1, 0.15) is 10.7 Å². The molecule has 2 N–H and O–H groups in total. The smallest absolute Gasteiger partial charge is 0.243 e. The van der Waals surface area contributed by atoms with Crippen molar-refractivity contribution in [3.8, 4) is 0 Å². The molecule has 1 unspecified atom stereocenters. The molecule has 0 radical (unpaired) electrons. The summed E-state index contributed by atoms with van der Waals surface area (Å²) in [5.41, 5.74) is 0.699. The van der Waals surface area contributed by atoms with Gasteiger partial charge in [0.05, 0.1) is 6.61 Å². The van der Waals surface area contributed by atoms with Crippen molar-refractivity contribution in [3.05, 3.63) is 29.6 Å². The Bertz CT molecular complexity index is 561. The van der Waals surface area contributed by atoms with Crippen molar-refractivity contribution in [1.29, 1.82) is 0 Å². The first-order valence-electron chi connectivity index (χ1n) is 6.79. The molecule has 0 amide bonds. The third-order valence-corrected chi connectivity index (χ3v) is 4.40. The Morgan fingerprint density at radius 3 is 2.48 bits per heavy atom. The van der Waals surface area contributed by atoms with Crippen LogP contribution in [0.4, 0.5) is 4.39 Å². The highest BCUT2D eigenvalue weighted by Gasteiger charge is 2.21. The van der Waals surface area contributed by atoms with E-state index < -0.39 is 21.9 Å². The first-order valence-corrected chi connectivity index (χ1v) is 8.27. The van der Waals surface area contributed by atoms with E-state index in [4.69, 9.17) is 4.74 Å². The lowest BCUT2D eigenvalue weighted by Crippen LogP contribution is -2.36. The predicted molar refractivity (Wildman–Crippen MR) is 80.0 cm³/mol. The Balaban J connectivity index is 2.88. The van der Waals surface area contributed by atoms with Gasteiger partial charge in [0, 0.05) is 25.7 Å². The lowest BCUT2D eigenvalue weighted by molar-refractivity contribution is 0.180. The Kier molecular flexibility index (Phi) is 6.73. The highest BCUT2D eigenvalue weighted by atomic mass is 32.2. The van der Waals surface area contributed by atoms with E-state index in [1.807, 2.05) is 13.8 Å². The molecule has 1 aromatic carbocycles. The van der Waals surface area contributed by atoms with Crippen LogP contribution >= 0.6 is 0 Å². The number of methoxy groups -OCH3 is 1. The lowest BCUT2D eigenvalue weighted by atomic mass is 10.2. The topological polar surface area (TPSA) is 67.4 Å². The number of nitrogens with one attached hydrogen (secondary N) is 2. The molecule has 0 saturated carbocycles. The molecule has 0 aromatic heterocycles. The second kappa shape index (κ2) is 7.84. The van der Waals surface area contributed by atoms with E-state index in [-0.39, 0.29) is 17.5 Å². The van der Waals surface area contributed by atoms with Crippen LogP contribution in [0.3, 0.4) is 0 Å². The number of sulfonamides is 1. The number of hydrogen-bond donors (Lipinski definition) is 2. The van der Waals surface area contributed by atoms with E-state index in [2.05, 4.69) is 10.0 Å². The standard InChI is InChI=1S/C14H23FN2O3S/c1-10(2)16-8-12-5-6-14(13(15)7-12)21(18,19)17-11(3)9-20-4/h5-7,10-11,16-17H,8-9H2,1-4H3. The zero-order valence-electron chi connectivity index (χ0n) is 12.8. The SMILES string of the molecule is COCC(C)NS(=O)(=O)c1ccc(CNC(C)C)cc1F. The highest BCUT2D eigenvalue weighted by Crippen LogP contribution is 2.16. The molecule has 21 heavy (non-hydrogen) atoms. The van der Waals surface area contributed by atoms with Crippen molar-refractivity contribution in [3.63, 3.8) is 0 Å². The van der Waals surface area contributed by atoms with E-state index in [1.54, 1.807) is 13.0 Å². The molecule has 1 aromatic rings. The van der Waals surface area contributed by atoms with Crippen LogP contribution in [-0.2, 0) is 21.3 Å². The van der Waals surface area contributed by atoms with Crippen LogP contribution in [0.25, 0.3) is 0 Å². The van der Waals surface area contributed by atoms with Gasteiger partial charge in [-0.3, -0.25) is 0 Å². The Labute approximate surface area is 125 Å². The fourth-order valence-corrected chi connectivity index (χ4v) is 3.09. The molecular weight excluding hydrogens is 295 g/mol. The molecule has 0 aliphatic rings. The van der Waals surface area contributed by atoms with E-state index in [0.29, 0.717) is 12.1 Å². The maximum Gasteiger partial charge on any atom is 0.243 e. The van der Waals surface area contributed by atoms with Crippen molar-refractivity contribution in [1.82, 2.24) is 10.0 Å². The molecule has 0 saturated heterocycles. The van der Waals surface area contributed by atoms with Gasteiger partial charge in [0.25, 0.3) is 0 Å². The van der Waals surface area contributed by atoms with Gasteiger partial charge in [-0.25, -0.2) is 17.5 Å². The first kappa shape index (κ1) is 18.0. The molecule has 0 aliphatic heterocycles. The maximum atomic E-state index is 14.0. The van der Waals surface area contributed by atoms with Crippen LogP contribution in [0, 0.1) is 5.82 Å². The van der Waals surface area contributed by atoms with Crippen LogP contribution in [0.1, 0.15) is 26.3 Å². The quantitative estimate of drug-likeness (QED) is 0.764. The van der Waals surface area contributed by atoms with Crippen LogP contribution in [-0.4, -0.2) is 34.2 Å². The Morgan fingerprint density at radius 2 is 1.95 bits per heavy atom. The highest BCUT2D eigenvalue weighted by molar-refractivity contribution is 7.89. The van der Waals surface area contributed by atoms with Crippen LogP contribution in [0.2, 0.25) is 0 Å². The normalized spacial score (nSPS) is 13.6. The number of hydrogen-bond acceptors (Lipinski definition) is 4. The van der Waals surface area contributed by atoms with Gasteiger partial charge in [0.2, 0.25) is 10.0 Å². The third kappa shape index (κ3) is 5.70. The minimum absolute atomic E-state index is 0.219. The molecule has 0 bridgehead atoms. The van der Waals surface area contributed by atoms with Crippen LogP contribution in [0.5, 0.6) is 0 Å². The Hall–Kier alpha value is -1.02. The van der Waals surface area contributed by atoms with Gasteiger partial charge in [-0.2, -0.15) is 0 Å². The molecule has 120 valence electrons. The summed E-state index contributed by atoms with van der Waals surface area (Å²) in [5.74, 6) is -0.754. The summed E-state index contributed by atoms with van der Waals surface area (Å²) in [6, 6.07) is 3.97. The van der Waals surface area contributed by atoms with Gasteiger partial charge in [-0.15, -0.1) is 0 Å². The van der Waals surface area contributed by atoms with Gasteiger partial charge < -0.3 is 10.1 Å². The van der Waals surface area contributed by atoms with Crippen molar-refractivity contribution < 1.29 is 17.5 Å². The van der Waals surface area contributed by atoms with E-state index in [0.717, 1.165) is 0 Å². The van der Waals surface area contributed by atoms with Gasteiger partial charge in [-0.1, -0.05) is 19.9 Å². The van der Waals surface area contributed by atoms with Gasteiger partial charge in [-0.05, 0) is 24.6 Å². The number of rotatable bonds is 8. The van der Waals surface area contributed by atoms with Gasteiger partial charge in [0.15, 0.2) is 0 Å². The largest absolute Gasteiger partial charge is 0.383 e. The minimum atomic E-state index is -3.89. The van der Waals surface area contributed by atoms with Crippen molar-refractivity contribution >= 4 is 10.0 Å². The summed E-state index contributed by atoms with van der Waals surface area (Å²) in [7, 11) is -2.41. The maximum absolute atomic E-state index is 14.0. The Morgan fingerprint density at radius 1 is 1.29 bits per heavy atom. The third-order valence-electron chi connectivity index (χ3n) is 2.77. The molecule has 0 aliphatic carbocycles. The lowest BCUT2D eigenvalue weighted by Gasteiger charge is -2.14. The minimum Gasteiger partial charge on any atom is -0.383 e. The summed E-state index contributed by atoms with van der Waals surface area (Å²) in [4.78, 5) is -0.348. The average Bonchev–Trinajstić information content (AvgIpc) is 2.35. The predicted octanol–water partition coefficient (Wildman–Crippen LogP) is 1.64. The van der Waals surface area contributed by atoms with E-state index in [9.17, 15) is 12.8 Å². The molecule has 0 fully saturated rings. The number of halogens is 1. The number of benzene rings is 1. The fourth-order valence-electron chi connectivity index (χ4n) is 1.81. The molecule has 5 nitrogen and oxygen atoms in total. The monoisotopic (exact) mass is 318 g/mol. The zero-order chi connectivity index (χ0) is 16.0. The van der Waals surface area contributed by atoms with Crippen molar-refractivity contribution in [2.45, 2.75) is 44.3 Å². The first-order chi connectivity index (χ1) is 9.76. The summed E-state index contributed by atoms with van der Waals surface area (Å²) < 4.78 is 45.5. The van der Waals surface area contributed by atoms with Crippen LogP contribution < -0.4 is 10.0 Å². The fraction of sp³-hybridized carbons (Fsp3) is 0.571. The summed E-state index contributed by atoms with van der Waals surface area (Å²) in [6.07, 6.45) is 0.